The lowest BCUT2D eigenvalue weighted by Crippen LogP contribution is -2.06. The Kier molecular flexibility index (Phi) is 2.15. The standard InChI is InChI=1S/C9H13NO/c1-6-5-8(11)3-4-9(6)7(2)10/h3-5,7,11H,10H2,1-2H3/t7-/m0/s1. The van der Waals surface area contributed by atoms with Crippen LogP contribution in [0, 0.1) is 6.92 Å². The maximum Gasteiger partial charge on any atom is 0.115 e. The molecule has 2 heteroatoms. The van der Waals surface area contributed by atoms with E-state index < -0.39 is 0 Å². The predicted molar refractivity (Wildman–Crippen MR) is 45.4 cm³/mol. The minimum Gasteiger partial charge on any atom is -0.508 e. The first-order valence-electron chi connectivity index (χ1n) is 3.66. The molecule has 0 fully saturated rings. The Morgan fingerprint density at radius 1 is 1.45 bits per heavy atom. The van der Waals surface area contributed by atoms with Crippen molar-refractivity contribution in [3.05, 3.63) is 29.3 Å². The van der Waals surface area contributed by atoms with Gasteiger partial charge in [0.25, 0.3) is 0 Å². The van der Waals surface area contributed by atoms with Gasteiger partial charge in [-0.1, -0.05) is 6.07 Å². The van der Waals surface area contributed by atoms with E-state index in [1.807, 2.05) is 19.9 Å². The van der Waals surface area contributed by atoms with Crippen LogP contribution in [0.3, 0.4) is 0 Å². The number of hydrogen-bond acceptors (Lipinski definition) is 2. The summed E-state index contributed by atoms with van der Waals surface area (Å²) in [6, 6.07) is 5.27. The molecule has 0 unspecified atom stereocenters. The van der Waals surface area contributed by atoms with Crippen LogP contribution in [0.4, 0.5) is 0 Å². The van der Waals surface area contributed by atoms with E-state index >= 15 is 0 Å². The van der Waals surface area contributed by atoms with Crippen molar-refractivity contribution in [2.45, 2.75) is 19.9 Å². The molecule has 1 atom stereocenters. The number of aromatic hydroxyl groups is 1. The van der Waals surface area contributed by atoms with Crippen molar-refractivity contribution < 1.29 is 5.11 Å². The van der Waals surface area contributed by atoms with Crippen LogP contribution in [0.5, 0.6) is 5.75 Å². The molecule has 0 aliphatic heterocycles. The van der Waals surface area contributed by atoms with Gasteiger partial charge in [0.2, 0.25) is 0 Å². The Labute approximate surface area is 66.7 Å². The minimum atomic E-state index is 0.0376. The van der Waals surface area contributed by atoms with Crippen LogP contribution in [0.1, 0.15) is 24.1 Å². The van der Waals surface area contributed by atoms with E-state index in [0.717, 1.165) is 11.1 Å². The molecule has 1 aromatic carbocycles. The van der Waals surface area contributed by atoms with Gasteiger partial charge < -0.3 is 10.8 Å². The molecule has 0 heterocycles. The lowest BCUT2D eigenvalue weighted by Gasteiger charge is -2.08. The van der Waals surface area contributed by atoms with E-state index in [1.165, 1.54) is 0 Å². The molecule has 0 bridgehead atoms. The monoisotopic (exact) mass is 151 g/mol. The van der Waals surface area contributed by atoms with Crippen LogP contribution in [0.2, 0.25) is 0 Å². The second-order valence-electron chi connectivity index (χ2n) is 2.83. The Hall–Kier alpha value is -1.02. The zero-order valence-electron chi connectivity index (χ0n) is 6.83. The first-order valence-corrected chi connectivity index (χ1v) is 3.66. The number of nitrogens with two attached hydrogens (primary N) is 1. The summed E-state index contributed by atoms with van der Waals surface area (Å²) < 4.78 is 0. The van der Waals surface area contributed by atoms with Crippen LogP contribution in [-0.4, -0.2) is 5.11 Å². The molecule has 3 N–H and O–H groups in total. The van der Waals surface area contributed by atoms with Crippen LogP contribution < -0.4 is 5.73 Å². The molecule has 0 saturated carbocycles. The molecule has 0 spiro atoms. The van der Waals surface area contributed by atoms with Crippen molar-refractivity contribution in [2.24, 2.45) is 5.73 Å². The molecule has 0 aromatic heterocycles. The molecule has 1 rings (SSSR count). The van der Waals surface area contributed by atoms with Gasteiger partial charge in [-0.25, -0.2) is 0 Å². The highest BCUT2D eigenvalue weighted by Gasteiger charge is 2.02. The fraction of sp³-hybridized carbons (Fsp3) is 0.333. The first kappa shape index (κ1) is 8.08. The summed E-state index contributed by atoms with van der Waals surface area (Å²) in [5.74, 6) is 0.298. The fourth-order valence-electron chi connectivity index (χ4n) is 1.17. The lowest BCUT2D eigenvalue weighted by molar-refractivity contribution is 0.474. The Bertz CT molecular complexity index is 256. The quantitative estimate of drug-likeness (QED) is 0.642. The number of hydrogen-bond donors (Lipinski definition) is 2. The van der Waals surface area contributed by atoms with Crippen LogP contribution in [0.25, 0.3) is 0 Å². The van der Waals surface area contributed by atoms with Gasteiger partial charge in [0.05, 0.1) is 0 Å². The average molecular weight is 151 g/mol. The summed E-state index contributed by atoms with van der Waals surface area (Å²) in [5, 5.41) is 9.08. The van der Waals surface area contributed by atoms with E-state index in [1.54, 1.807) is 12.1 Å². The summed E-state index contributed by atoms with van der Waals surface area (Å²) in [5.41, 5.74) is 7.81. The number of rotatable bonds is 1. The predicted octanol–water partition coefficient (Wildman–Crippen LogP) is 1.72. The van der Waals surface area contributed by atoms with Crippen molar-refractivity contribution in [1.29, 1.82) is 0 Å². The molecule has 0 radical (unpaired) electrons. The van der Waals surface area contributed by atoms with Crippen LogP contribution in [-0.2, 0) is 0 Å². The van der Waals surface area contributed by atoms with E-state index in [2.05, 4.69) is 0 Å². The molecule has 60 valence electrons. The van der Waals surface area contributed by atoms with Gasteiger partial charge in [-0.2, -0.15) is 0 Å². The van der Waals surface area contributed by atoms with Crippen molar-refractivity contribution in [1.82, 2.24) is 0 Å². The highest BCUT2D eigenvalue weighted by Crippen LogP contribution is 2.19. The zero-order chi connectivity index (χ0) is 8.43. The maximum atomic E-state index is 9.08. The van der Waals surface area contributed by atoms with Crippen molar-refractivity contribution in [3.63, 3.8) is 0 Å². The van der Waals surface area contributed by atoms with Gasteiger partial charge in [-0.15, -0.1) is 0 Å². The number of phenolic OH excluding ortho intramolecular Hbond substituents is 1. The van der Waals surface area contributed by atoms with Crippen molar-refractivity contribution >= 4 is 0 Å². The molecular formula is C9H13NO. The molecule has 11 heavy (non-hydrogen) atoms. The summed E-state index contributed by atoms with van der Waals surface area (Å²) in [6.07, 6.45) is 0. The van der Waals surface area contributed by atoms with Crippen molar-refractivity contribution in [3.8, 4) is 5.75 Å². The third-order valence-corrected chi connectivity index (χ3v) is 1.74. The fourth-order valence-corrected chi connectivity index (χ4v) is 1.17. The zero-order valence-corrected chi connectivity index (χ0v) is 6.83. The molecule has 1 aromatic rings. The number of aryl methyl sites for hydroxylation is 1. The van der Waals surface area contributed by atoms with Gasteiger partial charge >= 0.3 is 0 Å². The van der Waals surface area contributed by atoms with Gasteiger partial charge in [-0.3, -0.25) is 0 Å². The summed E-state index contributed by atoms with van der Waals surface area (Å²) >= 11 is 0. The van der Waals surface area contributed by atoms with Gasteiger partial charge in [-0.05, 0) is 37.1 Å². The molecule has 2 nitrogen and oxygen atoms in total. The van der Waals surface area contributed by atoms with Gasteiger partial charge in [0, 0.05) is 6.04 Å². The second kappa shape index (κ2) is 2.93. The normalized spacial score (nSPS) is 13.0. The molecule has 0 aliphatic rings. The molecular weight excluding hydrogens is 138 g/mol. The number of benzene rings is 1. The first-order chi connectivity index (χ1) is 5.11. The summed E-state index contributed by atoms with van der Waals surface area (Å²) in [7, 11) is 0. The van der Waals surface area contributed by atoms with Gasteiger partial charge in [0.1, 0.15) is 5.75 Å². The third kappa shape index (κ3) is 1.71. The number of phenols is 1. The molecule has 0 aliphatic carbocycles. The van der Waals surface area contributed by atoms with Gasteiger partial charge in [0.15, 0.2) is 0 Å². The van der Waals surface area contributed by atoms with E-state index in [4.69, 9.17) is 10.8 Å². The smallest absolute Gasteiger partial charge is 0.115 e. The van der Waals surface area contributed by atoms with E-state index in [0.29, 0.717) is 5.75 Å². The Morgan fingerprint density at radius 3 is 2.55 bits per heavy atom. The third-order valence-electron chi connectivity index (χ3n) is 1.74. The second-order valence-corrected chi connectivity index (χ2v) is 2.83. The summed E-state index contributed by atoms with van der Waals surface area (Å²) in [6.45, 7) is 3.87. The van der Waals surface area contributed by atoms with E-state index in [-0.39, 0.29) is 6.04 Å². The molecule has 0 amide bonds. The van der Waals surface area contributed by atoms with Crippen molar-refractivity contribution in [2.75, 3.05) is 0 Å². The minimum absolute atomic E-state index is 0.0376. The van der Waals surface area contributed by atoms with E-state index in [9.17, 15) is 0 Å². The SMILES string of the molecule is Cc1cc(O)ccc1[C@H](C)N. The Morgan fingerprint density at radius 2 is 2.09 bits per heavy atom. The van der Waals surface area contributed by atoms with Crippen LogP contribution in [0.15, 0.2) is 18.2 Å². The maximum absolute atomic E-state index is 9.08. The largest absolute Gasteiger partial charge is 0.508 e. The topological polar surface area (TPSA) is 46.2 Å². The highest BCUT2D eigenvalue weighted by atomic mass is 16.3. The molecule has 0 saturated heterocycles. The van der Waals surface area contributed by atoms with Crippen LogP contribution >= 0.6 is 0 Å². The highest BCUT2D eigenvalue weighted by molar-refractivity contribution is 5.35. The lowest BCUT2D eigenvalue weighted by atomic mass is 10.0. The Balaban J connectivity index is 3.09. The summed E-state index contributed by atoms with van der Waals surface area (Å²) in [4.78, 5) is 0. The average Bonchev–Trinajstić information content (AvgIpc) is 1.85.